The lowest BCUT2D eigenvalue weighted by molar-refractivity contribution is 0.420. The summed E-state index contributed by atoms with van der Waals surface area (Å²) >= 11 is 3.48. The van der Waals surface area contributed by atoms with Gasteiger partial charge in [-0.15, -0.1) is 0 Å². The third kappa shape index (κ3) is 2.55. The van der Waals surface area contributed by atoms with Gasteiger partial charge in [0, 0.05) is 18.6 Å². The number of anilines is 1. The predicted molar refractivity (Wildman–Crippen MR) is 103 cm³/mol. The summed E-state index contributed by atoms with van der Waals surface area (Å²) in [4.78, 5) is 25.4. The lowest BCUT2D eigenvalue weighted by atomic mass is 10.00. The van der Waals surface area contributed by atoms with Crippen LogP contribution in [0.15, 0.2) is 62.6 Å². The van der Waals surface area contributed by atoms with Crippen LogP contribution in [-0.2, 0) is 14.1 Å². The first-order valence-corrected chi connectivity index (χ1v) is 8.85. The summed E-state index contributed by atoms with van der Waals surface area (Å²) in [7, 11) is 3.08. The fraction of sp³-hybridized carbons (Fsp3) is 0.158. The van der Waals surface area contributed by atoms with Gasteiger partial charge in [0.15, 0.2) is 5.75 Å². The molecule has 1 aliphatic rings. The number of fused-ring (bicyclic) bond motifs is 2. The molecule has 1 aromatic heterocycles. The first kappa shape index (κ1) is 16.7. The van der Waals surface area contributed by atoms with E-state index in [1.54, 1.807) is 13.1 Å². The van der Waals surface area contributed by atoms with Crippen molar-refractivity contribution in [2.24, 2.45) is 14.1 Å². The van der Waals surface area contributed by atoms with Gasteiger partial charge < -0.3 is 10.1 Å². The van der Waals surface area contributed by atoms with E-state index in [0.29, 0.717) is 11.3 Å². The minimum absolute atomic E-state index is 0.250. The van der Waals surface area contributed by atoms with Crippen molar-refractivity contribution in [3.8, 4) is 11.6 Å². The summed E-state index contributed by atoms with van der Waals surface area (Å²) in [6, 6.07) is 14.7. The topological polar surface area (TPSA) is 65.3 Å². The zero-order valence-corrected chi connectivity index (χ0v) is 15.8. The lowest BCUT2D eigenvalue weighted by Gasteiger charge is -2.20. The number of rotatable bonds is 1. The molecule has 4 rings (SSSR count). The molecule has 2 aromatic carbocycles. The Morgan fingerprint density at radius 1 is 1.04 bits per heavy atom. The van der Waals surface area contributed by atoms with E-state index in [2.05, 4.69) is 21.2 Å². The van der Waals surface area contributed by atoms with Crippen LogP contribution in [0.2, 0.25) is 0 Å². The normalized spacial score (nSPS) is 15.3. The van der Waals surface area contributed by atoms with E-state index in [4.69, 9.17) is 4.74 Å². The fourth-order valence-electron chi connectivity index (χ4n) is 3.16. The molecule has 3 aromatic rings. The van der Waals surface area contributed by atoms with Crippen LogP contribution in [0.3, 0.4) is 0 Å². The number of para-hydroxylation sites is 2. The average molecular weight is 414 g/mol. The van der Waals surface area contributed by atoms with Crippen molar-refractivity contribution in [2.45, 2.75) is 6.04 Å². The number of hydrogen-bond donors (Lipinski definition) is 1. The van der Waals surface area contributed by atoms with Crippen LogP contribution < -0.4 is 21.3 Å². The fourth-order valence-corrected chi connectivity index (χ4v) is 3.58. The van der Waals surface area contributed by atoms with E-state index < -0.39 is 11.7 Å². The molecule has 0 aliphatic carbocycles. The smallest absolute Gasteiger partial charge is 0.333 e. The summed E-state index contributed by atoms with van der Waals surface area (Å²) in [6.45, 7) is 0. The first-order chi connectivity index (χ1) is 12.5. The quantitative estimate of drug-likeness (QED) is 0.665. The molecule has 0 spiro atoms. The highest BCUT2D eigenvalue weighted by Gasteiger charge is 2.30. The highest BCUT2D eigenvalue weighted by atomic mass is 79.9. The van der Waals surface area contributed by atoms with Gasteiger partial charge in [0.1, 0.15) is 5.56 Å². The maximum absolute atomic E-state index is 13.0. The van der Waals surface area contributed by atoms with Crippen molar-refractivity contribution in [2.75, 3.05) is 5.32 Å². The van der Waals surface area contributed by atoms with Crippen molar-refractivity contribution in [3.05, 3.63) is 85.0 Å². The standard InChI is InChI=1S/C19H16BrN3O3/c1-22-17(24)15-16(11-6-5-7-12(20)10-11)21-13-8-3-4-9-14(13)26-18(15)23(2)19(22)25/h3-10,16,21H,1-2H3. The van der Waals surface area contributed by atoms with Gasteiger partial charge in [-0.2, -0.15) is 0 Å². The summed E-state index contributed by atoms with van der Waals surface area (Å²) < 4.78 is 9.38. The van der Waals surface area contributed by atoms with Crippen molar-refractivity contribution in [1.29, 1.82) is 0 Å². The van der Waals surface area contributed by atoms with Crippen LogP contribution in [0, 0.1) is 0 Å². The molecule has 2 heterocycles. The predicted octanol–water partition coefficient (Wildman–Crippen LogP) is 3.15. The van der Waals surface area contributed by atoms with Crippen molar-refractivity contribution in [1.82, 2.24) is 9.13 Å². The van der Waals surface area contributed by atoms with Gasteiger partial charge in [-0.3, -0.25) is 13.9 Å². The molecule has 0 bridgehead atoms. The van der Waals surface area contributed by atoms with Crippen LogP contribution in [-0.4, -0.2) is 9.13 Å². The second-order valence-corrected chi connectivity index (χ2v) is 7.07. The van der Waals surface area contributed by atoms with Crippen LogP contribution in [0.1, 0.15) is 17.2 Å². The molecular formula is C19H16BrN3O3. The maximum atomic E-state index is 13.0. The second-order valence-electron chi connectivity index (χ2n) is 6.16. The Balaban J connectivity index is 2.07. The number of nitrogens with zero attached hydrogens (tertiary/aromatic N) is 2. The van der Waals surface area contributed by atoms with E-state index in [1.165, 1.54) is 11.6 Å². The Kier molecular flexibility index (Phi) is 3.96. The van der Waals surface area contributed by atoms with Gasteiger partial charge in [0.25, 0.3) is 5.56 Å². The maximum Gasteiger partial charge on any atom is 0.333 e. The Labute approximate surface area is 157 Å². The zero-order valence-electron chi connectivity index (χ0n) is 14.2. The van der Waals surface area contributed by atoms with Crippen LogP contribution >= 0.6 is 15.9 Å². The minimum Gasteiger partial charge on any atom is -0.438 e. The molecule has 132 valence electrons. The molecule has 1 atom stereocenters. The van der Waals surface area contributed by atoms with Gasteiger partial charge in [0.05, 0.1) is 11.7 Å². The summed E-state index contributed by atoms with van der Waals surface area (Å²) in [5.74, 6) is 0.815. The number of hydrogen-bond acceptors (Lipinski definition) is 4. The van der Waals surface area contributed by atoms with Crippen LogP contribution in [0.25, 0.3) is 0 Å². The number of benzene rings is 2. The lowest BCUT2D eigenvalue weighted by Crippen LogP contribution is -2.40. The molecular weight excluding hydrogens is 398 g/mol. The van der Waals surface area contributed by atoms with Crippen molar-refractivity contribution < 1.29 is 4.74 Å². The van der Waals surface area contributed by atoms with Gasteiger partial charge in [0.2, 0.25) is 5.88 Å². The SMILES string of the molecule is Cn1c2c(c(=O)n(C)c1=O)C(c1cccc(Br)c1)Nc1ccccc1O2. The monoisotopic (exact) mass is 413 g/mol. The third-order valence-corrected chi connectivity index (χ3v) is 5.00. The Morgan fingerprint density at radius 3 is 2.58 bits per heavy atom. The highest BCUT2D eigenvalue weighted by Crippen LogP contribution is 2.40. The molecule has 0 saturated heterocycles. The van der Waals surface area contributed by atoms with E-state index >= 15 is 0 Å². The molecule has 0 radical (unpaired) electrons. The van der Waals surface area contributed by atoms with Gasteiger partial charge in [-0.1, -0.05) is 40.2 Å². The molecule has 26 heavy (non-hydrogen) atoms. The van der Waals surface area contributed by atoms with Crippen LogP contribution in [0.4, 0.5) is 5.69 Å². The van der Waals surface area contributed by atoms with E-state index in [1.807, 2.05) is 42.5 Å². The molecule has 1 N–H and O–H groups in total. The average Bonchev–Trinajstić information content (AvgIpc) is 2.82. The summed E-state index contributed by atoms with van der Waals surface area (Å²) in [5.41, 5.74) is 1.22. The summed E-state index contributed by atoms with van der Waals surface area (Å²) in [5, 5.41) is 3.40. The van der Waals surface area contributed by atoms with Crippen LogP contribution in [0.5, 0.6) is 11.6 Å². The molecule has 7 heteroatoms. The van der Waals surface area contributed by atoms with E-state index in [9.17, 15) is 9.59 Å². The zero-order chi connectivity index (χ0) is 18.4. The van der Waals surface area contributed by atoms with Crippen molar-refractivity contribution >= 4 is 21.6 Å². The minimum atomic E-state index is -0.461. The largest absolute Gasteiger partial charge is 0.438 e. The highest BCUT2D eigenvalue weighted by molar-refractivity contribution is 9.10. The molecule has 6 nitrogen and oxygen atoms in total. The summed E-state index contributed by atoms with van der Waals surface area (Å²) in [6.07, 6.45) is 0. The number of ether oxygens (including phenoxy) is 1. The Hall–Kier alpha value is -2.80. The second kappa shape index (κ2) is 6.17. The molecule has 0 amide bonds. The molecule has 0 saturated carbocycles. The van der Waals surface area contributed by atoms with Crippen molar-refractivity contribution in [3.63, 3.8) is 0 Å². The van der Waals surface area contributed by atoms with E-state index in [-0.39, 0.29) is 11.4 Å². The van der Waals surface area contributed by atoms with Gasteiger partial charge in [-0.25, -0.2) is 4.79 Å². The van der Waals surface area contributed by atoms with Gasteiger partial charge in [-0.05, 0) is 29.8 Å². The molecule has 1 aliphatic heterocycles. The number of halogens is 1. The third-order valence-electron chi connectivity index (χ3n) is 4.51. The first-order valence-electron chi connectivity index (χ1n) is 8.06. The number of nitrogens with one attached hydrogen (secondary N) is 1. The molecule has 0 fully saturated rings. The molecule has 1 unspecified atom stereocenters. The Morgan fingerprint density at radius 2 is 1.81 bits per heavy atom. The van der Waals surface area contributed by atoms with Gasteiger partial charge >= 0.3 is 5.69 Å². The Bertz CT molecular complexity index is 1130. The van der Waals surface area contributed by atoms with E-state index in [0.717, 1.165) is 20.3 Å². The number of aromatic nitrogens is 2.